The molecule has 4 heteroatoms. The summed E-state index contributed by atoms with van der Waals surface area (Å²) < 4.78 is 10.9. The zero-order chi connectivity index (χ0) is 11.8. The lowest BCUT2D eigenvalue weighted by atomic mass is 10.3. The first-order chi connectivity index (χ1) is 7.77. The van der Waals surface area contributed by atoms with Crippen LogP contribution in [0.4, 0.5) is 0 Å². The molecule has 0 radical (unpaired) electrons. The summed E-state index contributed by atoms with van der Waals surface area (Å²) in [5, 5.41) is 3.27. The third-order valence-electron chi connectivity index (χ3n) is 2.37. The smallest absolute Gasteiger partial charge is 0.211 e. The van der Waals surface area contributed by atoms with Crippen LogP contribution in [-0.2, 0) is 11.2 Å². The molecule has 0 amide bonds. The highest BCUT2D eigenvalue weighted by molar-refractivity contribution is 4.97. The summed E-state index contributed by atoms with van der Waals surface area (Å²) in [6.07, 6.45) is 3.69. The van der Waals surface area contributed by atoms with Crippen LogP contribution < -0.4 is 5.32 Å². The Morgan fingerprint density at radius 2 is 2.31 bits per heavy atom. The third-order valence-corrected chi connectivity index (χ3v) is 2.37. The van der Waals surface area contributed by atoms with E-state index < -0.39 is 0 Å². The summed E-state index contributed by atoms with van der Waals surface area (Å²) in [4.78, 5) is 4.26. The summed E-state index contributed by atoms with van der Waals surface area (Å²) >= 11 is 0. The van der Waals surface area contributed by atoms with Crippen molar-refractivity contribution in [3.05, 3.63) is 17.8 Å². The number of ether oxygens (including phenoxy) is 1. The van der Waals surface area contributed by atoms with Crippen LogP contribution in [0.5, 0.6) is 0 Å². The Kier molecular flexibility index (Phi) is 6.11. The molecule has 1 rings (SSSR count). The number of oxazole rings is 1. The summed E-state index contributed by atoms with van der Waals surface area (Å²) in [7, 11) is 0. The van der Waals surface area contributed by atoms with Crippen LogP contribution in [-0.4, -0.2) is 24.7 Å². The Bertz CT molecular complexity index is 286. The molecule has 1 atom stereocenters. The molecule has 4 nitrogen and oxygen atoms in total. The lowest BCUT2D eigenvalue weighted by Crippen LogP contribution is -2.17. The summed E-state index contributed by atoms with van der Waals surface area (Å²) in [6.45, 7) is 8.62. The maximum Gasteiger partial charge on any atom is 0.211 e. The highest BCUT2D eigenvalue weighted by Crippen LogP contribution is 2.13. The summed E-state index contributed by atoms with van der Waals surface area (Å²) in [6, 6.07) is 0.186. The highest BCUT2D eigenvalue weighted by atomic mass is 16.5. The van der Waals surface area contributed by atoms with Crippen molar-refractivity contribution < 1.29 is 9.15 Å². The monoisotopic (exact) mass is 226 g/mol. The number of aromatic nitrogens is 1. The summed E-state index contributed by atoms with van der Waals surface area (Å²) in [5.74, 6) is 1.72. The van der Waals surface area contributed by atoms with Crippen LogP contribution >= 0.6 is 0 Å². The predicted octanol–water partition coefficient (Wildman–Crippen LogP) is 2.31. The van der Waals surface area contributed by atoms with Crippen LogP contribution in [0.3, 0.4) is 0 Å². The van der Waals surface area contributed by atoms with E-state index in [1.165, 1.54) is 0 Å². The molecule has 1 heterocycles. The van der Waals surface area contributed by atoms with Crippen LogP contribution in [0.25, 0.3) is 0 Å². The molecule has 0 fully saturated rings. The largest absolute Gasteiger partial charge is 0.444 e. The molecule has 16 heavy (non-hydrogen) atoms. The minimum atomic E-state index is 0.186. The van der Waals surface area contributed by atoms with Gasteiger partial charge in [0.25, 0.3) is 0 Å². The van der Waals surface area contributed by atoms with Gasteiger partial charge in [0.2, 0.25) is 5.89 Å². The van der Waals surface area contributed by atoms with E-state index >= 15 is 0 Å². The van der Waals surface area contributed by atoms with Gasteiger partial charge in [-0.2, -0.15) is 0 Å². The van der Waals surface area contributed by atoms with E-state index in [0.717, 1.165) is 44.3 Å². The SMILES string of the molecule is CCNC(C)c1ncc(CCCOCC)o1. The average Bonchev–Trinajstić information content (AvgIpc) is 2.73. The standard InChI is InChI=1S/C12H22N2O2/c1-4-13-10(3)12-14-9-11(16-12)7-6-8-15-5-2/h9-10,13H,4-8H2,1-3H3. The first kappa shape index (κ1) is 13.2. The third kappa shape index (κ3) is 4.33. The van der Waals surface area contributed by atoms with Crippen molar-refractivity contribution >= 4 is 0 Å². The van der Waals surface area contributed by atoms with Crippen molar-refractivity contribution in [2.45, 2.75) is 39.7 Å². The van der Waals surface area contributed by atoms with Crippen molar-refractivity contribution in [3.63, 3.8) is 0 Å². The van der Waals surface area contributed by atoms with Gasteiger partial charge in [0.1, 0.15) is 5.76 Å². The number of hydrogen-bond acceptors (Lipinski definition) is 4. The molecule has 1 N–H and O–H groups in total. The fraction of sp³-hybridized carbons (Fsp3) is 0.750. The van der Waals surface area contributed by atoms with Crippen molar-refractivity contribution in [3.8, 4) is 0 Å². The second-order valence-electron chi connectivity index (χ2n) is 3.74. The fourth-order valence-electron chi connectivity index (χ4n) is 1.52. The van der Waals surface area contributed by atoms with Gasteiger partial charge in [0.05, 0.1) is 12.2 Å². The summed E-state index contributed by atoms with van der Waals surface area (Å²) in [5.41, 5.74) is 0. The first-order valence-corrected chi connectivity index (χ1v) is 6.03. The maximum atomic E-state index is 5.65. The Hall–Kier alpha value is -0.870. The van der Waals surface area contributed by atoms with Crippen molar-refractivity contribution in [2.24, 2.45) is 0 Å². The van der Waals surface area contributed by atoms with Crippen molar-refractivity contribution in [1.29, 1.82) is 0 Å². The molecule has 1 unspecified atom stereocenters. The van der Waals surface area contributed by atoms with Gasteiger partial charge in [-0.05, 0) is 26.8 Å². The number of aryl methyl sites for hydroxylation is 1. The van der Waals surface area contributed by atoms with E-state index in [1.807, 2.05) is 13.1 Å². The molecule has 0 aliphatic rings. The lowest BCUT2D eigenvalue weighted by Gasteiger charge is -2.06. The van der Waals surface area contributed by atoms with Crippen LogP contribution in [0, 0.1) is 0 Å². The molecular weight excluding hydrogens is 204 g/mol. The molecule has 1 aromatic rings. The minimum Gasteiger partial charge on any atom is -0.444 e. The Morgan fingerprint density at radius 3 is 3.00 bits per heavy atom. The molecule has 0 spiro atoms. The molecule has 0 aliphatic heterocycles. The van der Waals surface area contributed by atoms with E-state index in [4.69, 9.17) is 9.15 Å². The van der Waals surface area contributed by atoms with Gasteiger partial charge in [-0.15, -0.1) is 0 Å². The number of hydrogen-bond donors (Lipinski definition) is 1. The minimum absolute atomic E-state index is 0.186. The number of nitrogens with zero attached hydrogens (tertiary/aromatic N) is 1. The topological polar surface area (TPSA) is 47.3 Å². The molecule has 1 aromatic heterocycles. The number of rotatable bonds is 8. The molecule has 92 valence electrons. The first-order valence-electron chi connectivity index (χ1n) is 6.03. The van der Waals surface area contributed by atoms with Crippen molar-refractivity contribution in [2.75, 3.05) is 19.8 Å². The van der Waals surface area contributed by atoms with E-state index in [2.05, 4.69) is 24.1 Å². The molecule has 0 aliphatic carbocycles. The highest BCUT2D eigenvalue weighted by Gasteiger charge is 2.10. The van der Waals surface area contributed by atoms with Gasteiger partial charge in [-0.25, -0.2) is 4.98 Å². The Morgan fingerprint density at radius 1 is 1.50 bits per heavy atom. The average molecular weight is 226 g/mol. The Balaban J connectivity index is 2.33. The van der Waals surface area contributed by atoms with E-state index in [1.54, 1.807) is 0 Å². The molecular formula is C12H22N2O2. The van der Waals surface area contributed by atoms with E-state index in [9.17, 15) is 0 Å². The lowest BCUT2D eigenvalue weighted by molar-refractivity contribution is 0.144. The number of nitrogens with one attached hydrogen (secondary N) is 1. The van der Waals surface area contributed by atoms with Gasteiger partial charge in [-0.3, -0.25) is 0 Å². The van der Waals surface area contributed by atoms with Crippen molar-refractivity contribution in [1.82, 2.24) is 10.3 Å². The van der Waals surface area contributed by atoms with Gasteiger partial charge < -0.3 is 14.5 Å². The predicted molar refractivity (Wildman–Crippen MR) is 63.4 cm³/mol. The van der Waals surface area contributed by atoms with E-state index in [0.29, 0.717) is 0 Å². The van der Waals surface area contributed by atoms with Gasteiger partial charge in [0, 0.05) is 19.6 Å². The zero-order valence-electron chi connectivity index (χ0n) is 10.5. The maximum absolute atomic E-state index is 5.65. The van der Waals surface area contributed by atoms with Crippen LogP contribution in [0.15, 0.2) is 10.6 Å². The second kappa shape index (κ2) is 7.41. The van der Waals surface area contributed by atoms with Crippen LogP contribution in [0.1, 0.15) is 44.9 Å². The molecule has 0 bridgehead atoms. The second-order valence-corrected chi connectivity index (χ2v) is 3.74. The zero-order valence-corrected chi connectivity index (χ0v) is 10.5. The van der Waals surface area contributed by atoms with Gasteiger partial charge in [0.15, 0.2) is 0 Å². The van der Waals surface area contributed by atoms with E-state index in [-0.39, 0.29) is 6.04 Å². The van der Waals surface area contributed by atoms with Crippen LogP contribution in [0.2, 0.25) is 0 Å². The molecule has 0 saturated carbocycles. The fourth-order valence-corrected chi connectivity index (χ4v) is 1.52. The van der Waals surface area contributed by atoms with Gasteiger partial charge >= 0.3 is 0 Å². The molecule has 0 saturated heterocycles. The quantitative estimate of drug-likeness (QED) is 0.691. The van der Waals surface area contributed by atoms with Gasteiger partial charge in [-0.1, -0.05) is 6.92 Å². The Labute approximate surface area is 97.4 Å². The molecule has 0 aromatic carbocycles. The normalized spacial score (nSPS) is 12.9.